The molecular weight excluding hydrogens is 392 g/mol. The molecule has 0 amide bonds. The Morgan fingerprint density at radius 3 is 2.07 bits per heavy atom. The molecule has 5 nitrogen and oxygen atoms in total. The van der Waals surface area contributed by atoms with Crippen LogP contribution in [0.3, 0.4) is 0 Å². The number of hydrogen-bond acceptors (Lipinski definition) is 4. The lowest BCUT2D eigenvalue weighted by Crippen LogP contribution is -2.53. The number of benzene rings is 1. The lowest BCUT2D eigenvalue weighted by atomic mass is 9.92. The van der Waals surface area contributed by atoms with Gasteiger partial charge in [-0.2, -0.15) is 26.3 Å². The molecule has 0 bridgehead atoms. The van der Waals surface area contributed by atoms with Crippen molar-refractivity contribution in [3.05, 3.63) is 29.8 Å². The number of alkyl halides is 6. The molecule has 156 valence electrons. The van der Waals surface area contributed by atoms with Gasteiger partial charge in [0.1, 0.15) is 12.8 Å². The van der Waals surface area contributed by atoms with Gasteiger partial charge < -0.3 is 9.94 Å². The van der Waals surface area contributed by atoms with Gasteiger partial charge in [0, 0.05) is 11.3 Å². The van der Waals surface area contributed by atoms with Crippen LogP contribution in [0, 0.1) is 5.92 Å². The van der Waals surface area contributed by atoms with Gasteiger partial charge in [0.2, 0.25) is 0 Å². The molecule has 0 aromatic heterocycles. The molecule has 1 aliphatic heterocycles. The number of aliphatic hydroxyl groups is 1. The Kier molecular flexibility index (Phi) is 5.98. The quantitative estimate of drug-likeness (QED) is 0.583. The lowest BCUT2D eigenvalue weighted by molar-refractivity contribution is -0.376. The molecule has 1 aromatic rings. The summed E-state index contributed by atoms with van der Waals surface area (Å²) < 4.78 is 78.1. The van der Waals surface area contributed by atoms with Crippen LogP contribution in [0.15, 0.2) is 34.4 Å². The van der Waals surface area contributed by atoms with Crippen LogP contribution in [0.2, 0.25) is 0 Å². The van der Waals surface area contributed by atoms with E-state index in [1.54, 1.807) is 6.92 Å². The normalized spacial score (nSPS) is 19.8. The zero-order chi connectivity index (χ0) is 21.3. The first-order chi connectivity index (χ1) is 12.8. The highest BCUT2D eigenvalue weighted by Crippen LogP contribution is 2.50. The highest BCUT2D eigenvalue weighted by molar-refractivity contribution is 6.37. The molecule has 1 unspecified atom stereocenters. The van der Waals surface area contributed by atoms with Gasteiger partial charge in [-0.1, -0.05) is 31.1 Å². The standard InChI is InChI=1S/C17H19F6N3O2/c1-4-28-25-13-9-24-14(10(2)3)26(13)12-7-5-11(6-8-12)15(27,16(18,19)20)17(21,22)23/h5-10,14,27H,4H2,1-3H3/b25-13-. The molecule has 1 heterocycles. The third-order valence-electron chi connectivity index (χ3n) is 4.12. The van der Waals surface area contributed by atoms with Crippen molar-refractivity contribution < 1.29 is 36.3 Å². The van der Waals surface area contributed by atoms with Crippen LogP contribution in [-0.2, 0) is 10.4 Å². The topological polar surface area (TPSA) is 57.4 Å². The van der Waals surface area contributed by atoms with Crippen LogP contribution < -0.4 is 4.90 Å². The van der Waals surface area contributed by atoms with Crippen molar-refractivity contribution >= 4 is 17.7 Å². The first kappa shape index (κ1) is 22.0. The number of halogens is 6. The summed E-state index contributed by atoms with van der Waals surface area (Å²) in [6, 6.07) is 3.27. The van der Waals surface area contributed by atoms with Crippen LogP contribution in [-0.4, -0.2) is 42.3 Å². The molecule has 1 aromatic carbocycles. The van der Waals surface area contributed by atoms with E-state index in [-0.39, 0.29) is 24.0 Å². The number of oxime groups is 1. The summed E-state index contributed by atoms with van der Waals surface area (Å²) in [6.45, 7) is 5.66. The van der Waals surface area contributed by atoms with Gasteiger partial charge in [0.15, 0.2) is 5.84 Å². The highest BCUT2D eigenvalue weighted by Gasteiger charge is 2.71. The number of nitrogens with zero attached hydrogens (tertiary/aromatic N) is 3. The SMILES string of the molecule is CCO/N=C1/C=NC(C(C)C)N1c1ccc(C(O)(C(F)(F)F)C(F)(F)F)cc1. The summed E-state index contributed by atoms with van der Waals surface area (Å²) in [4.78, 5) is 10.8. The fourth-order valence-electron chi connectivity index (χ4n) is 2.71. The van der Waals surface area contributed by atoms with E-state index in [4.69, 9.17) is 4.84 Å². The van der Waals surface area contributed by atoms with Crippen LogP contribution in [0.25, 0.3) is 0 Å². The second-order valence-electron chi connectivity index (χ2n) is 6.43. The Morgan fingerprint density at radius 2 is 1.64 bits per heavy atom. The molecule has 1 N–H and O–H groups in total. The molecule has 2 rings (SSSR count). The van der Waals surface area contributed by atoms with Gasteiger partial charge >= 0.3 is 12.4 Å². The van der Waals surface area contributed by atoms with E-state index in [1.165, 1.54) is 11.1 Å². The fraction of sp³-hybridized carbons (Fsp3) is 0.529. The second kappa shape index (κ2) is 7.61. The molecule has 0 aliphatic carbocycles. The summed E-state index contributed by atoms with van der Waals surface area (Å²) in [5, 5.41) is 13.4. The predicted octanol–water partition coefficient (Wildman–Crippen LogP) is 4.22. The van der Waals surface area contributed by atoms with E-state index in [2.05, 4.69) is 10.1 Å². The Bertz CT molecular complexity index is 727. The maximum atomic E-state index is 13.0. The minimum absolute atomic E-state index is 0.0347. The average Bonchev–Trinajstić information content (AvgIpc) is 3.01. The smallest absolute Gasteiger partial charge is 0.394 e. The van der Waals surface area contributed by atoms with Crippen molar-refractivity contribution in [3.8, 4) is 0 Å². The molecule has 0 spiro atoms. The Morgan fingerprint density at radius 1 is 1.11 bits per heavy atom. The minimum atomic E-state index is -5.94. The number of anilines is 1. The maximum Gasteiger partial charge on any atom is 0.430 e. The van der Waals surface area contributed by atoms with Gasteiger partial charge in [0.25, 0.3) is 5.60 Å². The zero-order valence-electron chi connectivity index (χ0n) is 15.2. The van der Waals surface area contributed by atoms with Crippen molar-refractivity contribution in [2.75, 3.05) is 11.5 Å². The third kappa shape index (κ3) is 3.80. The summed E-state index contributed by atoms with van der Waals surface area (Å²) >= 11 is 0. The highest BCUT2D eigenvalue weighted by atomic mass is 19.4. The van der Waals surface area contributed by atoms with Crippen LogP contribution in [0.4, 0.5) is 32.0 Å². The molecule has 1 aliphatic rings. The first-order valence-corrected chi connectivity index (χ1v) is 8.33. The first-order valence-electron chi connectivity index (χ1n) is 8.33. The van der Waals surface area contributed by atoms with E-state index >= 15 is 0 Å². The maximum absolute atomic E-state index is 13.0. The Balaban J connectivity index is 2.47. The summed E-state index contributed by atoms with van der Waals surface area (Å²) in [6.07, 6.45) is -10.9. The fourth-order valence-corrected chi connectivity index (χ4v) is 2.71. The van der Waals surface area contributed by atoms with Crippen molar-refractivity contribution in [1.29, 1.82) is 0 Å². The van der Waals surface area contributed by atoms with Crippen LogP contribution in [0.5, 0.6) is 0 Å². The molecule has 0 fully saturated rings. The number of aliphatic imine (C=N–C) groups is 1. The molecule has 28 heavy (non-hydrogen) atoms. The van der Waals surface area contributed by atoms with Crippen molar-refractivity contribution in [1.82, 2.24) is 0 Å². The molecule has 0 saturated carbocycles. The largest absolute Gasteiger partial charge is 0.430 e. The number of hydrogen-bond donors (Lipinski definition) is 1. The molecule has 0 radical (unpaired) electrons. The van der Waals surface area contributed by atoms with E-state index in [1.807, 2.05) is 13.8 Å². The lowest BCUT2D eigenvalue weighted by Gasteiger charge is -2.33. The van der Waals surface area contributed by atoms with E-state index < -0.39 is 29.7 Å². The monoisotopic (exact) mass is 411 g/mol. The average molecular weight is 411 g/mol. The molecule has 11 heteroatoms. The Hall–Kier alpha value is -2.30. The van der Waals surface area contributed by atoms with Gasteiger partial charge in [-0.15, -0.1) is 0 Å². The van der Waals surface area contributed by atoms with Crippen molar-refractivity contribution in [2.45, 2.75) is 44.9 Å². The van der Waals surface area contributed by atoms with Crippen molar-refractivity contribution in [3.63, 3.8) is 0 Å². The second-order valence-corrected chi connectivity index (χ2v) is 6.43. The van der Waals surface area contributed by atoms with E-state index in [0.717, 1.165) is 12.1 Å². The van der Waals surface area contributed by atoms with Crippen LogP contribution >= 0.6 is 0 Å². The van der Waals surface area contributed by atoms with Crippen molar-refractivity contribution in [2.24, 2.45) is 16.1 Å². The van der Waals surface area contributed by atoms with E-state index in [9.17, 15) is 31.4 Å². The number of amidine groups is 1. The van der Waals surface area contributed by atoms with Crippen LogP contribution in [0.1, 0.15) is 26.3 Å². The van der Waals surface area contributed by atoms with Gasteiger partial charge in [-0.25, -0.2) is 0 Å². The predicted molar refractivity (Wildman–Crippen MR) is 91.1 cm³/mol. The van der Waals surface area contributed by atoms with Gasteiger partial charge in [-0.05, 0) is 25.0 Å². The molecule has 0 saturated heterocycles. The zero-order valence-corrected chi connectivity index (χ0v) is 15.2. The molecule has 1 atom stereocenters. The van der Waals surface area contributed by atoms with Gasteiger partial charge in [0.05, 0.1) is 6.21 Å². The number of rotatable bonds is 5. The third-order valence-corrected chi connectivity index (χ3v) is 4.12. The minimum Gasteiger partial charge on any atom is -0.394 e. The summed E-state index contributed by atoms with van der Waals surface area (Å²) in [5.41, 5.74) is -6.05. The van der Waals surface area contributed by atoms with E-state index in [0.29, 0.717) is 12.1 Å². The summed E-state index contributed by atoms with van der Waals surface area (Å²) in [5.74, 6) is 0.225. The Labute approximate surface area is 157 Å². The van der Waals surface area contributed by atoms with Gasteiger partial charge in [-0.3, -0.25) is 9.89 Å². The molecular formula is C17H19F6N3O2. The summed E-state index contributed by atoms with van der Waals surface area (Å²) in [7, 11) is 0.